The Labute approximate surface area is 96.9 Å². The van der Waals surface area contributed by atoms with Crippen molar-refractivity contribution < 1.29 is 0 Å². The molecule has 1 saturated heterocycles. The van der Waals surface area contributed by atoms with Crippen molar-refractivity contribution in [3.8, 4) is 12.3 Å². The number of aromatic nitrogens is 1. The Morgan fingerprint density at radius 3 is 2.88 bits per heavy atom. The molecule has 1 atom stereocenters. The maximum atomic E-state index is 5.66. The minimum absolute atomic E-state index is 0.0656. The zero-order chi connectivity index (χ0) is 11.4. The number of terminal acetylenes is 1. The Morgan fingerprint density at radius 1 is 1.50 bits per heavy atom. The molecule has 0 saturated carbocycles. The zero-order valence-corrected chi connectivity index (χ0v) is 9.61. The summed E-state index contributed by atoms with van der Waals surface area (Å²) >= 11 is 0. The average Bonchev–Trinajstić information content (AvgIpc) is 2.34. The number of piperazine rings is 1. The second kappa shape index (κ2) is 5.11. The number of nitrogens with one attached hydrogen (secondary N) is 1. The predicted molar refractivity (Wildman–Crippen MR) is 65.0 cm³/mol. The highest BCUT2D eigenvalue weighted by atomic mass is 15.2. The third-order valence-electron chi connectivity index (χ3n) is 3.02. The van der Waals surface area contributed by atoms with E-state index < -0.39 is 0 Å². The zero-order valence-electron chi connectivity index (χ0n) is 9.61. The first-order valence-electron chi connectivity index (χ1n) is 5.65. The van der Waals surface area contributed by atoms with E-state index in [0.29, 0.717) is 0 Å². The van der Waals surface area contributed by atoms with Crippen molar-refractivity contribution in [1.29, 1.82) is 0 Å². The van der Waals surface area contributed by atoms with Crippen LogP contribution in [0.2, 0.25) is 0 Å². The third kappa shape index (κ3) is 2.24. The third-order valence-corrected chi connectivity index (χ3v) is 3.02. The van der Waals surface area contributed by atoms with Crippen molar-refractivity contribution >= 4 is 0 Å². The molecular formula is C13H17N3. The van der Waals surface area contributed by atoms with Crippen molar-refractivity contribution in [3.05, 3.63) is 29.6 Å². The highest BCUT2D eigenvalue weighted by Gasteiger charge is 2.21. The van der Waals surface area contributed by atoms with Crippen molar-refractivity contribution in [2.45, 2.75) is 13.0 Å². The number of nitrogens with zero attached hydrogens (tertiary/aromatic N) is 2. The maximum Gasteiger partial charge on any atom is 0.0986 e. The van der Waals surface area contributed by atoms with Gasteiger partial charge in [-0.25, -0.2) is 0 Å². The van der Waals surface area contributed by atoms with E-state index in [1.54, 1.807) is 0 Å². The molecule has 16 heavy (non-hydrogen) atoms. The van der Waals surface area contributed by atoms with E-state index in [4.69, 9.17) is 6.42 Å². The highest BCUT2D eigenvalue weighted by molar-refractivity contribution is 5.29. The van der Waals surface area contributed by atoms with Gasteiger partial charge in [0.05, 0.1) is 6.04 Å². The molecule has 0 unspecified atom stereocenters. The summed E-state index contributed by atoms with van der Waals surface area (Å²) in [7, 11) is 0. The van der Waals surface area contributed by atoms with Crippen molar-refractivity contribution in [1.82, 2.24) is 15.2 Å². The van der Waals surface area contributed by atoms with Crippen LogP contribution in [-0.2, 0) is 0 Å². The Bertz CT molecular complexity index is 388. The van der Waals surface area contributed by atoms with Crippen LogP contribution in [0.15, 0.2) is 18.3 Å². The topological polar surface area (TPSA) is 28.2 Å². The standard InChI is InChI=1S/C13H17N3/c1-3-13(16-9-7-14-8-10-16)12-5-4-6-15-11(12)2/h1,4-6,13-14H,7-10H2,2H3/t13-/m0/s1. The lowest BCUT2D eigenvalue weighted by molar-refractivity contribution is 0.208. The summed E-state index contributed by atoms with van der Waals surface area (Å²) in [5, 5.41) is 3.33. The first kappa shape index (κ1) is 11.1. The molecule has 0 radical (unpaired) electrons. The summed E-state index contributed by atoms with van der Waals surface area (Å²) < 4.78 is 0. The molecule has 84 valence electrons. The number of hydrogen-bond donors (Lipinski definition) is 1. The molecule has 3 heteroatoms. The molecule has 1 N–H and O–H groups in total. The van der Waals surface area contributed by atoms with Crippen molar-refractivity contribution in [2.75, 3.05) is 26.2 Å². The van der Waals surface area contributed by atoms with E-state index in [2.05, 4.69) is 27.2 Å². The molecular weight excluding hydrogens is 198 g/mol. The number of pyridine rings is 1. The fourth-order valence-electron chi connectivity index (χ4n) is 2.12. The first-order chi connectivity index (χ1) is 7.83. The van der Waals surface area contributed by atoms with E-state index in [9.17, 15) is 0 Å². The quantitative estimate of drug-likeness (QED) is 0.745. The van der Waals surface area contributed by atoms with Crippen LogP contribution >= 0.6 is 0 Å². The molecule has 1 fully saturated rings. The van der Waals surface area contributed by atoms with Gasteiger partial charge in [0.2, 0.25) is 0 Å². The van der Waals surface area contributed by atoms with Crippen LogP contribution in [0.1, 0.15) is 17.3 Å². The summed E-state index contributed by atoms with van der Waals surface area (Å²) in [5.41, 5.74) is 2.19. The average molecular weight is 215 g/mol. The van der Waals surface area contributed by atoms with Gasteiger partial charge in [0.1, 0.15) is 0 Å². The lowest BCUT2D eigenvalue weighted by Gasteiger charge is -2.32. The summed E-state index contributed by atoms with van der Waals surface area (Å²) in [4.78, 5) is 6.64. The molecule has 1 aromatic rings. The van der Waals surface area contributed by atoms with E-state index >= 15 is 0 Å². The number of hydrogen-bond acceptors (Lipinski definition) is 3. The molecule has 3 nitrogen and oxygen atoms in total. The number of rotatable bonds is 2. The van der Waals surface area contributed by atoms with Gasteiger partial charge >= 0.3 is 0 Å². The van der Waals surface area contributed by atoms with E-state index in [1.165, 1.54) is 0 Å². The van der Waals surface area contributed by atoms with E-state index in [0.717, 1.165) is 37.4 Å². The molecule has 1 aliphatic rings. The molecule has 0 spiro atoms. The molecule has 2 rings (SSSR count). The maximum absolute atomic E-state index is 5.66. The molecule has 0 bridgehead atoms. The van der Waals surface area contributed by atoms with Crippen LogP contribution in [0.4, 0.5) is 0 Å². The lowest BCUT2D eigenvalue weighted by atomic mass is 10.0. The van der Waals surface area contributed by atoms with Crippen LogP contribution in [0.3, 0.4) is 0 Å². The van der Waals surface area contributed by atoms with E-state index in [1.807, 2.05) is 19.2 Å². The summed E-state index contributed by atoms with van der Waals surface area (Å²) in [5.74, 6) is 2.89. The Kier molecular flexibility index (Phi) is 3.55. The molecule has 1 aliphatic heterocycles. The molecule has 0 aromatic carbocycles. The van der Waals surface area contributed by atoms with Crippen LogP contribution in [-0.4, -0.2) is 36.1 Å². The van der Waals surface area contributed by atoms with Gasteiger partial charge in [0.15, 0.2) is 0 Å². The monoisotopic (exact) mass is 215 g/mol. The number of aryl methyl sites for hydroxylation is 1. The molecule has 1 aromatic heterocycles. The minimum atomic E-state index is 0.0656. The summed E-state index contributed by atoms with van der Waals surface area (Å²) in [6.07, 6.45) is 7.47. The predicted octanol–water partition coefficient (Wildman–Crippen LogP) is 0.970. The van der Waals surface area contributed by atoms with Gasteiger partial charge in [-0.2, -0.15) is 0 Å². The van der Waals surface area contributed by atoms with Gasteiger partial charge in [-0.05, 0) is 13.0 Å². The fourth-order valence-corrected chi connectivity index (χ4v) is 2.12. The molecule has 0 amide bonds. The van der Waals surface area contributed by atoms with Gasteiger partial charge in [0.25, 0.3) is 0 Å². The smallest absolute Gasteiger partial charge is 0.0986 e. The van der Waals surface area contributed by atoms with Crippen molar-refractivity contribution in [2.24, 2.45) is 0 Å². The Balaban J connectivity index is 2.22. The largest absolute Gasteiger partial charge is 0.314 e. The first-order valence-corrected chi connectivity index (χ1v) is 5.65. The molecule has 2 heterocycles. The van der Waals surface area contributed by atoms with E-state index in [-0.39, 0.29) is 6.04 Å². The van der Waals surface area contributed by atoms with Crippen LogP contribution in [0.5, 0.6) is 0 Å². The van der Waals surface area contributed by atoms with Crippen LogP contribution in [0.25, 0.3) is 0 Å². The lowest BCUT2D eigenvalue weighted by Crippen LogP contribution is -2.45. The van der Waals surface area contributed by atoms with Gasteiger partial charge in [0, 0.05) is 43.6 Å². The Hall–Kier alpha value is -1.37. The Morgan fingerprint density at radius 2 is 2.25 bits per heavy atom. The second-order valence-electron chi connectivity index (χ2n) is 4.03. The van der Waals surface area contributed by atoms with Crippen LogP contribution < -0.4 is 5.32 Å². The van der Waals surface area contributed by atoms with Gasteiger partial charge in [-0.1, -0.05) is 12.0 Å². The highest BCUT2D eigenvalue weighted by Crippen LogP contribution is 2.21. The normalized spacial score (nSPS) is 19.0. The van der Waals surface area contributed by atoms with Crippen molar-refractivity contribution in [3.63, 3.8) is 0 Å². The van der Waals surface area contributed by atoms with Crippen LogP contribution in [0, 0.1) is 19.3 Å². The fraction of sp³-hybridized carbons (Fsp3) is 0.462. The summed E-state index contributed by atoms with van der Waals surface area (Å²) in [6, 6.07) is 4.10. The molecule has 0 aliphatic carbocycles. The van der Waals surface area contributed by atoms with Gasteiger partial charge in [-0.15, -0.1) is 6.42 Å². The SMILES string of the molecule is C#C[C@@H](c1cccnc1C)N1CCNCC1. The summed E-state index contributed by atoms with van der Waals surface area (Å²) in [6.45, 7) is 6.04. The second-order valence-corrected chi connectivity index (χ2v) is 4.03. The van der Waals surface area contributed by atoms with Gasteiger partial charge in [-0.3, -0.25) is 9.88 Å². The van der Waals surface area contributed by atoms with Gasteiger partial charge < -0.3 is 5.32 Å². The minimum Gasteiger partial charge on any atom is -0.314 e.